The maximum absolute atomic E-state index is 12.1. The molecule has 1 amide bonds. The molecule has 25 heavy (non-hydrogen) atoms. The summed E-state index contributed by atoms with van der Waals surface area (Å²) in [4.78, 5) is 22.3. The monoisotopic (exact) mass is 339 g/mol. The van der Waals surface area contributed by atoms with Gasteiger partial charge in [-0.2, -0.15) is 4.98 Å². The zero-order chi connectivity index (χ0) is 17.2. The number of carbonyl (C=O) groups excluding carboxylic acids is 1. The number of pyridine rings is 1. The van der Waals surface area contributed by atoms with Gasteiger partial charge in [0.1, 0.15) is 0 Å². The lowest BCUT2D eigenvalue weighted by Crippen LogP contribution is -2.34. The molecule has 0 saturated carbocycles. The van der Waals surface area contributed by atoms with Gasteiger partial charge in [0, 0.05) is 31.9 Å². The molecule has 1 aliphatic heterocycles. The number of likely N-dealkylation sites (tertiary alicyclic amines) is 1. The van der Waals surface area contributed by atoms with Crippen LogP contribution in [-0.2, 0) is 11.3 Å². The van der Waals surface area contributed by atoms with E-state index >= 15 is 0 Å². The predicted molar refractivity (Wildman–Crippen MR) is 87.0 cm³/mol. The summed E-state index contributed by atoms with van der Waals surface area (Å²) in [6, 6.07) is 7.25. The number of aromatic nitrogens is 3. The SMILES string of the molecule is CN1C(=O)C[C@@H](NCc2nc(-c3ccco3)no2)[C@@H]1c1cccnc1. The van der Waals surface area contributed by atoms with Crippen molar-refractivity contribution >= 4 is 5.91 Å². The molecule has 1 N–H and O–H groups in total. The molecule has 0 radical (unpaired) electrons. The molecule has 3 aromatic heterocycles. The molecule has 128 valence electrons. The zero-order valence-corrected chi connectivity index (χ0v) is 13.6. The first-order valence-electron chi connectivity index (χ1n) is 7.98. The average Bonchev–Trinajstić information content (AvgIpc) is 3.35. The highest BCUT2D eigenvalue weighted by molar-refractivity contribution is 5.80. The summed E-state index contributed by atoms with van der Waals surface area (Å²) in [5.41, 5.74) is 0.996. The summed E-state index contributed by atoms with van der Waals surface area (Å²) < 4.78 is 10.5. The van der Waals surface area contributed by atoms with Gasteiger partial charge in [-0.25, -0.2) is 0 Å². The summed E-state index contributed by atoms with van der Waals surface area (Å²) in [6.45, 7) is 0.371. The Bertz CT molecular complexity index is 846. The maximum Gasteiger partial charge on any atom is 0.241 e. The second kappa shape index (κ2) is 6.48. The van der Waals surface area contributed by atoms with Crippen molar-refractivity contribution < 1.29 is 13.7 Å². The van der Waals surface area contributed by atoms with Crippen molar-refractivity contribution in [3.05, 3.63) is 54.4 Å². The van der Waals surface area contributed by atoms with Crippen molar-refractivity contribution in [2.75, 3.05) is 7.05 Å². The Morgan fingerprint density at radius 2 is 2.28 bits per heavy atom. The molecule has 0 aliphatic carbocycles. The minimum atomic E-state index is -0.0753. The van der Waals surface area contributed by atoms with E-state index in [1.54, 1.807) is 35.7 Å². The molecule has 0 aromatic carbocycles. The van der Waals surface area contributed by atoms with Gasteiger partial charge in [-0.1, -0.05) is 11.2 Å². The standard InChI is InChI=1S/C17H17N5O3/c1-22-15(23)8-12(16(22)11-4-2-6-18-9-11)19-10-14-20-17(21-25-14)13-5-3-7-24-13/h2-7,9,12,16,19H,8,10H2,1H3/t12-,16+/m1/s1. The van der Waals surface area contributed by atoms with E-state index in [0.717, 1.165) is 5.56 Å². The lowest BCUT2D eigenvalue weighted by molar-refractivity contribution is -0.127. The molecule has 4 heterocycles. The number of hydrogen-bond acceptors (Lipinski definition) is 7. The van der Waals surface area contributed by atoms with Crippen LogP contribution >= 0.6 is 0 Å². The summed E-state index contributed by atoms with van der Waals surface area (Å²) in [5.74, 6) is 1.50. The second-order valence-electron chi connectivity index (χ2n) is 5.92. The van der Waals surface area contributed by atoms with Gasteiger partial charge in [0.2, 0.25) is 17.6 Å². The Kier molecular flexibility index (Phi) is 4.02. The molecule has 1 aliphatic rings. The molecule has 1 saturated heterocycles. The molecule has 3 aromatic rings. The Hall–Kier alpha value is -3.00. The van der Waals surface area contributed by atoms with Crippen LogP contribution in [-0.4, -0.2) is 39.0 Å². The Balaban J connectivity index is 1.47. The van der Waals surface area contributed by atoms with Crippen LogP contribution < -0.4 is 5.32 Å². The van der Waals surface area contributed by atoms with Crippen molar-refractivity contribution in [1.29, 1.82) is 0 Å². The summed E-state index contributed by atoms with van der Waals surface area (Å²) in [5, 5.41) is 7.25. The highest BCUT2D eigenvalue weighted by atomic mass is 16.5. The molecule has 2 atom stereocenters. The highest BCUT2D eigenvalue weighted by Gasteiger charge is 2.38. The molecule has 4 rings (SSSR count). The zero-order valence-electron chi connectivity index (χ0n) is 13.6. The molecule has 8 nitrogen and oxygen atoms in total. The van der Waals surface area contributed by atoms with Crippen molar-refractivity contribution in [3.8, 4) is 11.6 Å². The maximum atomic E-state index is 12.1. The lowest BCUT2D eigenvalue weighted by atomic mass is 10.0. The summed E-state index contributed by atoms with van der Waals surface area (Å²) >= 11 is 0. The van der Waals surface area contributed by atoms with Crippen LogP contribution in [0, 0.1) is 0 Å². The number of nitrogens with one attached hydrogen (secondary N) is 1. The largest absolute Gasteiger partial charge is 0.461 e. The molecule has 0 unspecified atom stereocenters. The van der Waals surface area contributed by atoms with Crippen LogP contribution in [0.5, 0.6) is 0 Å². The van der Waals surface area contributed by atoms with Crippen molar-refractivity contribution in [2.24, 2.45) is 0 Å². The lowest BCUT2D eigenvalue weighted by Gasteiger charge is -2.25. The average molecular weight is 339 g/mol. The number of hydrogen-bond donors (Lipinski definition) is 1. The van der Waals surface area contributed by atoms with Crippen molar-refractivity contribution in [3.63, 3.8) is 0 Å². The first kappa shape index (κ1) is 15.5. The minimum Gasteiger partial charge on any atom is -0.461 e. The minimum absolute atomic E-state index is 0.0549. The van der Waals surface area contributed by atoms with E-state index in [-0.39, 0.29) is 18.0 Å². The first-order chi connectivity index (χ1) is 12.2. The van der Waals surface area contributed by atoms with Crippen LogP contribution in [0.2, 0.25) is 0 Å². The third-order valence-corrected chi connectivity index (χ3v) is 4.34. The molecule has 1 fully saturated rings. The van der Waals surface area contributed by atoms with Gasteiger partial charge in [0.15, 0.2) is 5.76 Å². The highest BCUT2D eigenvalue weighted by Crippen LogP contribution is 2.31. The molecule has 0 bridgehead atoms. The predicted octanol–water partition coefficient (Wildman–Crippen LogP) is 1.79. The third-order valence-electron chi connectivity index (χ3n) is 4.34. The van der Waals surface area contributed by atoms with E-state index in [9.17, 15) is 4.79 Å². The van der Waals surface area contributed by atoms with Crippen molar-refractivity contribution in [2.45, 2.75) is 25.0 Å². The quantitative estimate of drug-likeness (QED) is 0.757. The Morgan fingerprint density at radius 3 is 3.04 bits per heavy atom. The molecular formula is C17H17N5O3. The first-order valence-corrected chi connectivity index (χ1v) is 7.98. The fraction of sp³-hybridized carbons (Fsp3) is 0.294. The number of amides is 1. The number of rotatable bonds is 5. The third kappa shape index (κ3) is 3.03. The number of likely N-dealkylation sites (N-methyl/N-ethyl adjacent to an activating group) is 1. The van der Waals surface area contributed by atoms with E-state index < -0.39 is 0 Å². The van der Waals surface area contributed by atoms with Crippen LogP contribution in [0.1, 0.15) is 23.9 Å². The van der Waals surface area contributed by atoms with E-state index in [1.165, 1.54) is 0 Å². The van der Waals surface area contributed by atoms with Gasteiger partial charge >= 0.3 is 0 Å². The number of nitrogens with zero attached hydrogens (tertiary/aromatic N) is 4. The van der Waals surface area contributed by atoms with E-state index in [2.05, 4.69) is 20.4 Å². The van der Waals surface area contributed by atoms with Gasteiger partial charge in [-0.05, 0) is 23.8 Å². The topological polar surface area (TPSA) is 97.3 Å². The second-order valence-corrected chi connectivity index (χ2v) is 5.92. The van der Waals surface area contributed by atoms with Gasteiger partial charge in [-0.15, -0.1) is 0 Å². The summed E-state index contributed by atoms with van der Waals surface area (Å²) in [6.07, 6.45) is 5.48. The Morgan fingerprint density at radius 1 is 1.36 bits per heavy atom. The number of furan rings is 1. The fourth-order valence-electron chi connectivity index (χ4n) is 3.11. The normalized spacial score (nSPS) is 20.4. The number of carbonyl (C=O) groups is 1. The van der Waals surface area contributed by atoms with Gasteiger partial charge in [0.25, 0.3) is 0 Å². The van der Waals surface area contributed by atoms with Gasteiger partial charge in [-0.3, -0.25) is 9.78 Å². The smallest absolute Gasteiger partial charge is 0.241 e. The van der Waals surface area contributed by atoms with Crippen LogP contribution in [0.15, 0.2) is 51.9 Å². The van der Waals surface area contributed by atoms with Gasteiger partial charge < -0.3 is 19.2 Å². The van der Waals surface area contributed by atoms with E-state index in [4.69, 9.17) is 8.94 Å². The molecule has 0 spiro atoms. The van der Waals surface area contributed by atoms with Crippen LogP contribution in [0.3, 0.4) is 0 Å². The molecular weight excluding hydrogens is 322 g/mol. The Labute approximate surface area is 143 Å². The van der Waals surface area contributed by atoms with E-state index in [0.29, 0.717) is 30.4 Å². The molecule has 8 heteroatoms. The van der Waals surface area contributed by atoms with Crippen molar-refractivity contribution in [1.82, 2.24) is 25.3 Å². The van der Waals surface area contributed by atoms with Crippen LogP contribution in [0.4, 0.5) is 0 Å². The van der Waals surface area contributed by atoms with Gasteiger partial charge in [0.05, 0.1) is 18.8 Å². The fourth-order valence-corrected chi connectivity index (χ4v) is 3.11. The van der Waals surface area contributed by atoms with E-state index in [1.807, 2.05) is 19.2 Å². The summed E-state index contributed by atoms with van der Waals surface area (Å²) in [7, 11) is 1.81. The van der Waals surface area contributed by atoms with Crippen LogP contribution in [0.25, 0.3) is 11.6 Å².